The van der Waals surface area contributed by atoms with E-state index in [4.69, 9.17) is 15.6 Å². The summed E-state index contributed by atoms with van der Waals surface area (Å²) < 4.78 is 20.6. The highest BCUT2D eigenvalue weighted by molar-refractivity contribution is 5.96. The van der Waals surface area contributed by atoms with Gasteiger partial charge < -0.3 is 15.8 Å². The fourth-order valence-corrected chi connectivity index (χ4v) is 4.16. The molecule has 34 heavy (non-hydrogen) atoms. The van der Waals surface area contributed by atoms with Crippen molar-refractivity contribution in [3.05, 3.63) is 95.8 Å². The highest BCUT2D eigenvalue weighted by Crippen LogP contribution is 2.44. The number of amides is 2. The van der Waals surface area contributed by atoms with Gasteiger partial charge in [0, 0.05) is 23.5 Å². The molecule has 0 radical (unpaired) electrons. The Morgan fingerprint density at radius 2 is 1.76 bits per heavy atom. The van der Waals surface area contributed by atoms with Crippen molar-refractivity contribution in [1.82, 2.24) is 9.78 Å². The van der Waals surface area contributed by atoms with Crippen LogP contribution in [0.4, 0.5) is 10.2 Å². The van der Waals surface area contributed by atoms with Crippen LogP contribution < -0.4 is 15.8 Å². The summed E-state index contributed by atoms with van der Waals surface area (Å²) in [6, 6.07) is 22.9. The van der Waals surface area contributed by atoms with E-state index in [1.54, 1.807) is 28.9 Å². The van der Waals surface area contributed by atoms with Gasteiger partial charge in [-0.25, -0.2) is 9.07 Å². The van der Waals surface area contributed by atoms with Crippen LogP contribution >= 0.6 is 0 Å². The SMILES string of the molecule is NC(=O)COc1ccc(C2CC(=O)Nc3c2c(-c2ccccc2)nn3-c2ccc(F)cc2)cc1. The third kappa shape index (κ3) is 4.13. The maximum atomic E-state index is 13.6. The fourth-order valence-electron chi connectivity index (χ4n) is 4.16. The molecule has 5 rings (SSSR count). The monoisotopic (exact) mass is 456 g/mol. The minimum Gasteiger partial charge on any atom is -0.484 e. The van der Waals surface area contributed by atoms with Gasteiger partial charge in [0.2, 0.25) is 5.91 Å². The van der Waals surface area contributed by atoms with E-state index >= 15 is 0 Å². The molecule has 4 aromatic rings. The van der Waals surface area contributed by atoms with Crippen LogP contribution in [0.1, 0.15) is 23.5 Å². The number of hydrogen-bond acceptors (Lipinski definition) is 4. The van der Waals surface area contributed by atoms with E-state index in [1.807, 2.05) is 42.5 Å². The number of primary amides is 1. The molecule has 0 saturated carbocycles. The van der Waals surface area contributed by atoms with Gasteiger partial charge in [-0.3, -0.25) is 9.59 Å². The molecule has 7 nitrogen and oxygen atoms in total. The fraction of sp³-hybridized carbons (Fsp3) is 0.115. The predicted octanol–water partition coefficient (Wildman–Crippen LogP) is 4.02. The molecular formula is C26H21FN4O3. The summed E-state index contributed by atoms with van der Waals surface area (Å²) in [5.41, 5.74) is 9.20. The predicted molar refractivity (Wildman–Crippen MR) is 125 cm³/mol. The number of carbonyl (C=O) groups is 2. The van der Waals surface area contributed by atoms with Crippen LogP contribution in [-0.2, 0) is 9.59 Å². The number of nitrogens with two attached hydrogens (primary N) is 1. The molecule has 1 aliphatic rings. The lowest BCUT2D eigenvalue weighted by Crippen LogP contribution is -2.25. The van der Waals surface area contributed by atoms with Crippen molar-refractivity contribution >= 4 is 17.6 Å². The summed E-state index contributed by atoms with van der Waals surface area (Å²) in [6.45, 7) is -0.210. The largest absolute Gasteiger partial charge is 0.484 e. The number of fused-ring (bicyclic) bond motifs is 1. The van der Waals surface area contributed by atoms with Crippen molar-refractivity contribution in [2.45, 2.75) is 12.3 Å². The first kappa shape index (κ1) is 21.4. The number of nitrogens with one attached hydrogen (secondary N) is 1. The first-order valence-corrected chi connectivity index (χ1v) is 10.7. The van der Waals surface area contributed by atoms with Crippen molar-refractivity contribution in [2.75, 3.05) is 11.9 Å². The molecule has 0 fully saturated rings. The van der Waals surface area contributed by atoms with Crippen molar-refractivity contribution in [1.29, 1.82) is 0 Å². The van der Waals surface area contributed by atoms with Crippen LogP contribution in [-0.4, -0.2) is 28.2 Å². The zero-order valence-electron chi connectivity index (χ0n) is 18.1. The van der Waals surface area contributed by atoms with Gasteiger partial charge in [-0.2, -0.15) is 5.10 Å². The molecule has 0 aliphatic carbocycles. The lowest BCUT2D eigenvalue weighted by Gasteiger charge is -2.25. The number of anilines is 1. The first-order valence-electron chi connectivity index (χ1n) is 10.7. The summed E-state index contributed by atoms with van der Waals surface area (Å²) >= 11 is 0. The summed E-state index contributed by atoms with van der Waals surface area (Å²) in [5.74, 6) is -0.256. The zero-order chi connectivity index (χ0) is 23.7. The van der Waals surface area contributed by atoms with E-state index in [1.165, 1.54) is 12.1 Å². The Hall–Kier alpha value is -4.46. The van der Waals surface area contributed by atoms with Crippen LogP contribution in [0.25, 0.3) is 16.9 Å². The molecule has 2 heterocycles. The third-order valence-corrected chi connectivity index (χ3v) is 5.70. The summed E-state index contributed by atoms with van der Waals surface area (Å²) in [5, 5.41) is 7.81. The normalized spacial score (nSPS) is 14.9. The lowest BCUT2D eigenvalue weighted by molar-refractivity contribution is -0.120. The minimum atomic E-state index is -0.557. The molecule has 1 aliphatic heterocycles. The highest BCUT2D eigenvalue weighted by atomic mass is 19.1. The van der Waals surface area contributed by atoms with Gasteiger partial charge in [0.25, 0.3) is 5.91 Å². The second kappa shape index (κ2) is 8.82. The van der Waals surface area contributed by atoms with E-state index in [-0.39, 0.29) is 30.7 Å². The molecule has 0 saturated heterocycles. The molecule has 3 aromatic carbocycles. The standard InChI is InChI=1S/C26H21FN4O3/c27-18-8-10-19(11-9-18)31-26-24(25(30-31)17-4-2-1-3-5-17)21(14-23(33)29-26)16-6-12-20(13-7-16)34-15-22(28)32/h1-13,21H,14-15H2,(H2,28,32)(H,29,33). The second-order valence-corrected chi connectivity index (χ2v) is 7.99. The van der Waals surface area contributed by atoms with Crippen LogP contribution in [0.3, 0.4) is 0 Å². The lowest BCUT2D eigenvalue weighted by atomic mass is 9.84. The molecule has 2 amide bonds. The van der Waals surface area contributed by atoms with Crippen molar-refractivity contribution in [3.63, 3.8) is 0 Å². The summed E-state index contributed by atoms with van der Waals surface area (Å²) in [6.07, 6.45) is 0.240. The van der Waals surface area contributed by atoms with Crippen molar-refractivity contribution in [2.24, 2.45) is 5.73 Å². The van der Waals surface area contributed by atoms with Crippen molar-refractivity contribution < 1.29 is 18.7 Å². The van der Waals surface area contributed by atoms with Gasteiger partial charge in [-0.15, -0.1) is 0 Å². The molecule has 0 bridgehead atoms. The molecular weight excluding hydrogens is 435 g/mol. The van der Waals surface area contributed by atoms with E-state index in [0.29, 0.717) is 17.3 Å². The van der Waals surface area contributed by atoms with E-state index in [0.717, 1.165) is 22.4 Å². The number of benzene rings is 3. The highest BCUT2D eigenvalue weighted by Gasteiger charge is 2.34. The molecule has 170 valence electrons. The molecule has 1 atom stereocenters. The smallest absolute Gasteiger partial charge is 0.255 e. The quantitative estimate of drug-likeness (QED) is 0.458. The Bertz CT molecular complexity index is 1350. The summed E-state index contributed by atoms with van der Waals surface area (Å²) in [4.78, 5) is 23.7. The van der Waals surface area contributed by atoms with E-state index in [9.17, 15) is 14.0 Å². The second-order valence-electron chi connectivity index (χ2n) is 7.99. The molecule has 0 spiro atoms. The van der Waals surface area contributed by atoms with Crippen molar-refractivity contribution in [3.8, 4) is 22.7 Å². The van der Waals surface area contributed by atoms with Gasteiger partial charge in [0.15, 0.2) is 6.61 Å². The van der Waals surface area contributed by atoms with E-state index < -0.39 is 5.91 Å². The number of ether oxygens (including phenoxy) is 1. The van der Waals surface area contributed by atoms with Gasteiger partial charge >= 0.3 is 0 Å². The molecule has 8 heteroatoms. The van der Waals surface area contributed by atoms with Crippen LogP contribution in [0.15, 0.2) is 78.9 Å². The Kier molecular flexibility index (Phi) is 5.55. The Morgan fingerprint density at radius 1 is 1.06 bits per heavy atom. The topological polar surface area (TPSA) is 99.2 Å². The minimum absolute atomic E-state index is 0.144. The number of nitrogens with zero attached hydrogens (tertiary/aromatic N) is 2. The van der Waals surface area contributed by atoms with Crippen LogP contribution in [0, 0.1) is 5.82 Å². The van der Waals surface area contributed by atoms with Crippen LogP contribution in [0.5, 0.6) is 5.75 Å². The Balaban J connectivity index is 1.63. The molecule has 1 unspecified atom stereocenters. The Morgan fingerprint density at radius 3 is 2.44 bits per heavy atom. The molecule has 1 aromatic heterocycles. The maximum absolute atomic E-state index is 13.6. The van der Waals surface area contributed by atoms with Gasteiger partial charge in [0.1, 0.15) is 17.4 Å². The maximum Gasteiger partial charge on any atom is 0.255 e. The average Bonchev–Trinajstić information content (AvgIpc) is 3.23. The Labute approximate surface area is 195 Å². The van der Waals surface area contributed by atoms with Gasteiger partial charge in [-0.1, -0.05) is 42.5 Å². The first-order chi connectivity index (χ1) is 16.5. The average molecular weight is 456 g/mol. The molecule has 3 N–H and O–H groups in total. The number of hydrogen-bond donors (Lipinski definition) is 2. The number of aromatic nitrogens is 2. The number of halogens is 1. The summed E-state index contributed by atoms with van der Waals surface area (Å²) in [7, 11) is 0. The number of rotatable bonds is 6. The van der Waals surface area contributed by atoms with Gasteiger partial charge in [-0.05, 0) is 42.0 Å². The third-order valence-electron chi connectivity index (χ3n) is 5.70. The zero-order valence-corrected chi connectivity index (χ0v) is 18.1. The van der Waals surface area contributed by atoms with E-state index in [2.05, 4.69) is 5.32 Å². The van der Waals surface area contributed by atoms with Gasteiger partial charge in [0.05, 0.1) is 11.4 Å². The number of carbonyl (C=O) groups excluding carboxylic acids is 2. The van der Waals surface area contributed by atoms with Crippen LogP contribution in [0.2, 0.25) is 0 Å².